The lowest BCUT2D eigenvalue weighted by molar-refractivity contribution is 0.0102. The van der Waals surface area contributed by atoms with Crippen molar-refractivity contribution in [2.24, 2.45) is 0 Å². The second-order valence-corrected chi connectivity index (χ2v) is 8.72. The topological polar surface area (TPSA) is 46.6 Å². The lowest BCUT2D eigenvalue weighted by Crippen LogP contribution is -2.40. The minimum atomic E-state index is -3.64. The maximum Gasteiger partial charge on any atom is 0.244 e. The van der Waals surface area contributed by atoms with Crippen molar-refractivity contribution in [3.8, 4) is 0 Å². The van der Waals surface area contributed by atoms with Crippen LogP contribution in [0.5, 0.6) is 0 Å². The normalized spacial score (nSPS) is 16.9. The molecule has 134 valence electrons. The molecule has 0 saturated carbocycles. The summed E-state index contributed by atoms with van der Waals surface area (Å²) < 4.78 is 32.9. The van der Waals surface area contributed by atoms with E-state index < -0.39 is 10.0 Å². The molecular formula is C18H19Cl2NO3S. The van der Waals surface area contributed by atoms with Crippen molar-refractivity contribution >= 4 is 33.2 Å². The van der Waals surface area contributed by atoms with E-state index in [1.165, 1.54) is 16.4 Å². The third-order valence-corrected chi connectivity index (χ3v) is 6.86. The van der Waals surface area contributed by atoms with E-state index in [0.29, 0.717) is 37.6 Å². The van der Waals surface area contributed by atoms with Crippen molar-refractivity contribution < 1.29 is 13.2 Å². The van der Waals surface area contributed by atoms with Crippen LogP contribution in [0.3, 0.4) is 0 Å². The van der Waals surface area contributed by atoms with Gasteiger partial charge in [-0.05, 0) is 36.6 Å². The molecule has 1 saturated heterocycles. The number of halogens is 2. The number of piperidine rings is 1. The highest BCUT2D eigenvalue weighted by atomic mass is 35.5. The van der Waals surface area contributed by atoms with Gasteiger partial charge in [-0.1, -0.05) is 53.5 Å². The van der Waals surface area contributed by atoms with Crippen LogP contribution in [0.15, 0.2) is 53.4 Å². The van der Waals surface area contributed by atoms with Gasteiger partial charge < -0.3 is 4.74 Å². The van der Waals surface area contributed by atoms with Gasteiger partial charge in [-0.15, -0.1) is 0 Å². The molecule has 1 aliphatic heterocycles. The first-order chi connectivity index (χ1) is 12.0. The molecule has 2 aromatic carbocycles. The van der Waals surface area contributed by atoms with Crippen molar-refractivity contribution in [3.63, 3.8) is 0 Å². The van der Waals surface area contributed by atoms with E-state index in [1.54, 1.807) is 6.07 Å². The van der Waals surface area contributed by atoms with E-state index in [-0.39, 0.29) is 16.0 Å². The van der Waals surface area contributed by atoms with Gasteiger partial charge in [0.2, 0.25) is 10.0 Å². The molecule has 25 heavy (non-hydrogen) atoms. The Morgan fingerprint density at radius 2 is 1.72 bits per heavy atom. The highest BCUT2D eigenvalue weighted by Gasteiger charge is 2.31. The van der Waals surface area contributed by atoms with Gasteiger partial charge in [-0.3, -0.25) is 0 Å². The fourth-order valence-electron chi connectivity index (χ4n) is 2.84. The number of benzene rings is 2. The largest absolute Gasteiger partial charge is 0.373 e. The first-order valence-corrected chi connectivity index (χ1v) is 10.3. The average Bonchev–Trinajstić information content (AvgIpc) is 2.63. The van der Waals surface area contributed by atoms with Crippen LogP contribution in [-0.2, 0) is 21.4 Å². The lowest BCUT2D eigenvalue weighted by Gasteiger charge is -2.31. The summed E-state index contributed by atoms with van der Waals surface area (Å²) in [5.41, 5.74) is 1.11. The minimum Gasteiger partial charge on any atom is -0.373 e. The molecule has 0 bridgehead atoms. The summed E-state index contributed by atoms with van der Waals surface area (Å²) >= 11 is 12.0. The smallest absolute Gasteiger partial charge is 0.244 e. The van der Waals surface area contributed by atoms with Gasteiger partial charge in [-0.2, -0.15) is 4.31 Å². The summed E-state index contributed by atoms with van der Waals surface area (Å²) in [5, 5.41) is 0.538. The Balaban J connectivity index is 1.60. The molecule has 0 unspecified atom stereocenters. The molecule has 1 aliphatic rings. The highest BCUT2D eigenvalue weighted by molar-refractivity contribution is 7.89. The second kappa shape index (κ2) is 8.06. The molecular weight excluding hydrogens is 381 g/mol. The monoisotopic (exact) mass is 399 g/mol. The summed E-state index contributed by atoms with van der Waals surface area (Å²) in [6.45, 7) is 1.35. The predicted molar refractivity (Wildman–Crippen MR) is 99.5 cm³/mol. The Hall–Kier alpha value is -1.11. The first kappa shape index (κ1) is 18.7. The molecule has 0 aromatic heterocycles. The maximum absolute atomic E-state index is 12.8. The molecule has 3 rings (SSSR count). The predicted octanol–water partition coefficient (Wildman–Crippen LogP) is 4.36. The third kappa shape index (κ3) is 4.54. The lowest BCUT2D eigenvalue weighted by atomic mass is 10.1. The van der Waals surface area contributed by atoms with Gasteiger partial charge >= 0.3 is 0 Å². The molecule has 0 radical (unpaired) electrons. The zero-order chi connectivity index (χ0) is 17.9. The molecule has 0 amide bonds. The first-order valence-electron chi connectivity index (χ1n) is 8.07. The van der Waals surface area contributed by atoms with Gasteiger partial charge in [0, 0.05) is 18.1 Å². The summed E-state index contributed by atoms with van der Waals surface area (Å²) in [5.74, 6) is 0. The number of nitrogens with zero attached hydrogens (tertiary/aromatic N) is 1. The third-order valence-electron chi connectivity index (χ3n) is 4.24. The van der Waals surface area contributed by atoms with Crippen LogP contribution in [0, 0.1) is 0 Å². The summed E-state index contributed by atoms with van der Waals surface area (Å²) in [7, 11) is -3.64. The highest BCUT2D eigenvalue weighted by Crippen LogP contribution is 2.29. The van der Waals surface area contributed by atoms with Crippen LogP contribution in [-0.4, -0.2) is 31.9 Å². The van der Waals surface area contributed by atoms with Crippen molar-refractivity contribution in [2.75, 3.05) is 13.1 Å². The number of ether oxygens (including phenoxy) is 1. The van der Waals surface area contributed by atoms with Crippen molar-refractivity contribution in [1.29, 1.82) is 0 Å². The fourth-order valence-corrected chi connectivity index (χ4v) is 5.05. The molecule has 0 aliphatic carbocycles. The van der Waals surface area contributed by atoms with E-state index in [1.807, 2.05) is 30.3 Å². The van der Waals surface area contributed by atoms with Gasteiger partial charge in [0.1, 0.15) is 4.90 Å². The molecule has 0 spiro atoms. The Labute approximate surface area is 158 Å². The SMILES string of the molecule is O=S(=O)(c1cc(Cl)ccc1Cl)N1CCC(OCc2ccccc2)CC1. The standard InChI is InChI=1S/C18H19Cl2NO3S/c19-15-6-7-17(20)18(12-15)25(22,23)21-10-8-16(9-11-21)24-13-14-4-2-1-3-5-14/h1-7,12,16H,8-11,13H2. The second-order valence-electron chi connectivity index (χ2n) is 5.97. The molecule has 7 heteroatoms. The van der Waals surface area contributed by atoms with E-state index >= 15 is 0 Å². The summed E-state index contributed by atoms with van der Waals surface area (Å²) in [6, 6.07) is 14.4. The minimum absolute atomic E-state index is 0.0569. The van der Waals surface area contributed by atoms with E-state index in [9.17, 15) is 8.42 Å². The zero-order valence-electron chi connectivity index (χ0n) is 13.6. The summed E-state index contributed by atoms with van der Waals surface area (Å²) in [4.78, 5) is 0.0605. The van der Waals surface area contributed by atoms with Crippen LogP contribution in [0.4, 0.5) is 0 Å². The Bertz CT molecular complexity index is 819. The molecule has 2 aromatic rings. The van der Waals surface area contributed by atoms with Crippen LogP contribution in [0.1, 0.15) is 18.4 Å². The van der Waals surface area contributed by atoms with Crippen LogP contribution >= 0.6 is 23.2 Å². The van der Waals surface area contributed by atoms with Crippen LogP contribution in [0.25, 0.3) is 0 Å². The maximum atomic E-state index is 12.8. The average molecular weight is 400 g/mol. The quantitative estimate of drug-likeness (QED) is 0.749. The number of hydrogen-bond acceptors (Lipinski definition) is 3. The van der Waals surface area contributed by atoms with E-state index in [0.717, 1.165) is 5.56 Å². The van der Waals surface area contributed by atoms with E-state index in [4.69, 9.17) is 27.9 Å². The zero-order valence-corrected chi connectivity index (χ0v) is 15.9. The van der Waals surface area contributed by atoms with Gasteiger partial charge in [-0.25, -0.2) is 8.42 Å². The molecule has 1 fully saturated rings. The molecule has 1 heterocycles. The van der Waals surface area contributed by atoms with Gasteiger partial charge in [0.15, 0.2) is 0 Å². The van der Waals surface area contributed by atoms with Crippen molar-refractivity contribution in [1.82, 2.24) is 4.31 Å². The Morgan fingerprint density at radius 1 is 1.04 bits per heavy atom. The number of rotatable bonds is 5. The fraction of sp³-hybridized carbons (Fsp3) is 0.333. The molecule has 0 N–H and O–H groups in total. The summed E-state index contributed by atoms with van der Waals surface area (Å²) in [6.07, 6.45) is 1.37. The van der Waals surface area contributed by atoms with Crippen LogP contribution in [0.2, 0.25) is 10.0 Å². The molecule has 4 nitrogen and oxygen atoms in total. The van der Waals surface area contributed by atoms with Crippen LogP contribution < -0.4 is 0 Å². The number of hydrogen-bond donors (Lipinski definition) is 0. The Morgan fingerprint density at radius 3 is 2.40 bits per heavy atom. The van der Waals surface area contributed by atoms with E-state index in [2.05, 4.69) is 0 Å². The number of sulfonamides is 1. The van der Waals surface area contributed by atoms with Gasteiger partial charge in [0.25, 0.3) is 0 Å². The van der Waals surface area contributed by atoms with Crippen molar-refractivity contribution in [3.05, 3.63) is 64.1 Å². The molecule has 0 atom stereocenters. The van der Waals surface area contributed by atoms with Gasteiger partial charge in [0.05, 0.1) is 17.7 Å². The Kier molecular flexibility index (Phi) is 6.02. The van der Waals surface area contributed by atoms with Crippen molar-refractivity contribution in [2.45, 2.75) is 30.4 Å².